The van der Waals surface area contributed by atoms with Crippen LogP contribution in [0.25, 0.3) is 11.1 Å². The van der Waals surface area contributed by atoms with Crippen LogP contribution in [0.15, 0.2) is 36.4 Å². The van der Waals surface area contributed by atoms with Gasteiger partial charge in [0.2, 0.25) is 11.8 Å². The van der Waals surface area contributed by atoms with Crippen molar-refractivity contribution < 1.29 is 39.0 Å². The predicted molar refractivity (Wildman–Crippen MR) is 144 cm³/mol. The quantitative estimate of drug-likeness (QED) is 0.357. The zero-order valence-corrected chi connectivity index (χ0v) is 22.7. The van der Waals surface area contributed by atoms with Crippen LogP contribution in [-0.4, -0.2) is 76.3 Å². The molecule has 2 unspecified atom stereocenters. The maximum absolute atomic E-state index is 13.7. The number of hydrogen-bond acceptors (Lipinski definition) is 9. The molecule has 5 N–H and O–H groups in total. The number of nitrogens with two attached hydrogens (primary N) is 1. The molecule has 0 aromatic heterocycles. The molecule has 2 amide bonds. The third kappa shape index (κ3) is 4.64. The largest absolute Gasteiger partial charge is 0.507 e. The number of ketones is 4. The molecule has 41 heavy (non-hydrogen) atoms. The first-order valence-corrected chi connectivity index (χ1v) is 13.4. The number of Topliss-reactive ketones (excluding diaryl/α,β-unsaturated/α-hetero) is 4. The molecule has 0 aliphatic heterocycles. The van der Waals surface area contributed by atoms with Gasteiger partial charge < -0.3 is 26.2 Å². The number of nitrogens with zero attached hydrogens (tertiary/aromatic N) is 1. The number of aliphatic hydroxyl groups is 1. The Kier molecular flexibility index (Phi) is 7.12. The van der Waals surface area contributed by atoms with E-state index in [-0.39, 0.29) is 43.0 Å². The monoisotopic (exact) mass is 561 g/mol. The fourth-order valence-corrected chi connectivity index (χ4v) is 6.58. The van der Waals surface area contributed by atoms with E-state index in [1.165, 1.54) is 6.07 Å². The van der Waals surface area contributed by atoms with E-state index in [4.69, 9.17) is 5.73 Å². The van der Waals surface area contributed by atoms with E-state index in [1.54, 1.807) is 25.1 Å². The lowest BCUT2D eigenvalue weighted by Gasteiger charge is -2.48. The Bertz CT molecular complexity index is 1500. The van der Waals surface area contributed by atoms with Crippen LogP contribution in [0.3, 0.4) is 0 Å². The van der Waals surface area contributed by atoms with Gasteiger partial charge in [0, 0.05) is 18.9 Å². The van der Waals surface area contributed by atoms with Crippen LogP contribution in [0, 0.1) is 23.7 Å². The molecule has 0 heterocycles. The molecule has 2 aromatic rings. The first-order chi connectivity index (χ1) is 19.3. The summed E-state index contributed by atoms with van der Waals surface area (Å²) in [5.41, 5.74) is 5.32. The van der Waals surface area contributed by atoms with E-state index in [0.29, 0.717) is 17.7 Å². The van der Waals surface area contributed by atoms with Gasteiger partial charge in [0.1, 0.15) is 5.75 Å². The first kappa shape index (κ1) is 28.3. The number of nitrogens with one attached hydrogen (secondary N) is 1. The lowest BCUT2D eigenvalue weighted by Crippen LogP contribution is -2.68. The third-order valence-electron chi connectivity index (χ3n) is 8.50. The minimum atomic E-state index is -2.67. The Morgan fingerprint density at radius 2 is 1.71 bits per heavy atom. The van der Waals surface area contributed by atoms with E-state index in [9.17, 15) is 39.0 Å². The number of primary amides is 1. The molecule has 5 rings (SSSR count). The lowest BCUT2D eigenvalue weighted by atomic mass is 9.53. The highest BCUT2D eigenvalue weighted by Crippen LogP contribution is 2.51. The van der Waals surface area contributed by atoms with E-state index >= 15 is 0 Å². The van der Waals surface area contributed by atoms with Crippen LogP contribution in [0.5, 0.6) is 5.75 Å². The Labute approximate surface area is 235 Å². The Balaban J connectivity index is 1.46. The van der Waals surface area contributed by atoms with Crippen molar-refractivity contribution in [2.75, 3.05) is 20.6 Å². The molecular formula is C30H31N3O8. The summed E-state index contributed by atoms with van der Waals surface area (Å²) in [4.78, 5) is 78.5. The highest BCUT2D eigenvalue weighted by molar-refractivity contribution is 6.31. The second-order valence-electron chi connectivity index (χ2n) is 11.4. The molecule has 0 radical (unpaired) electrons. The Hall–Kier alpha value is -4.22. The van der Waals surface area contributed by atoms with Crippen molar-refractivity contribution in [2.24, 2.45) is 29.4 Å². The standard InChI is InChI=1S/C30H31N3O8/c1-33(2)13-22(36)32-12-14-3-5-15(6-4-14)18-7-8-20(34)24-19(18)10-16-9-17-11-21(35)25(29(31)40)28(39)30(17,41)27(38)23(16)26(24)37/h3-8,16-17,23,25,34,41H,9-13H2,1-2H3,(H2,31,40)(H,32,36)/t16-,17+,23?,25?,30+/m1/s1. The summed E-state index contributed by atoms with van der Waals surface area (Å²) < 4.78 is 0. The summed E-state index contributed by atoms with van der Waals surface area (Å²) in [6.07, 6.45) is -0.162. The summed E-state index contributed by atoms with van der Waals surface area (Å²) in [7, 11) is 3.60. The van der Waals surface area contributed by atoms with Crippen LogP contribution in [0.4, 0.5) is 0 Å². The van der Waals surface area contributed by atoms with Crippen molar-refractivity contribution in [3.05, 3.63) is 53.1 Å². The molecule has 214 valence electrons. The molecule has 11 nitrogen and oxygen atoms in total. The molecule has 2 saturated carbocycles. The number of carbonyl (C=O) groups is 6. The van der Waals surface area contributed by atoms with Crippen LogP contribution in [0.1, 0.15) is 34.3 Å². The molecule has 2 fully saturated rings. The summed E-state index contributed by atoms with van der Waals surface area (Å²) in [6.45, 7) is 0.603. The highest BCUT2D eigenvalue weighted by atomic mass is 16.3. The van der Waals surface area contributed by atoms with Crippen molar-refractivity contribution in [2.45, 2.75) is 31.4 Å². The number of rotatable bonds is 6. The van der Waals surface area contributed by atoms with Gasteiger partial charge in [-0.05, 0) is 61.2 Å². The number of fused-ring (bicyclic) bond motifs is 3. The van der Waals surface area contributed by atoms with Gasteiger partial charge in [-0.2, -0.15) is 0 Å². The molecule has 3 aliphatic rings. The molecule has 11 heteroatoms. The number of carbonyl (C=O) groups excluding carboxylic acids is 6. The Morgan fingerprint density at radius 1 is 1.02 bits per heavy atom. The fourth-order valence-electron chi connectivity index (χ4n) is 6.58. The van der Waals surface area contributed by atoms with Crippen LogP contribution >= 0.6 is 0 Å². The van der Waals surface area contributed by atoms with Crippen molar-refractivity contribution in [1.82, 2.24) is 10.2 Å². The number of phenols is 1. The number of phenolic OH excluding ortho intramolecular Hbond substituents is 1. The first-order valence-electron chi connectivity index (χ1n) is 13.4. The summed E-state index contributed by atoms with van der Waals surface area (Å²) in [5.74, 6) is -10.5. The smallest absolute Gasteiger partial charge is 0.235 e. The number of benzene rings is 2. The van der Waals surface area contributed by atoms with Crippen molar-refractivity contribution >= 4 is 34.9 Å². The summed E-state index contributed by atoms with van der Waals surface area (Å²) in [5, 5.41) is 24.9. The molecular weight excluding hydrogens is 530 g/mol. The Morgan fingerprint density at radius 3 is 2.34 bits per heavy atom. The topological polar surface area (TPSA) is 184 Å². The normalized spacial score (nSPS) is 27.2. The van der Waals surface area contributed by atoms with Gasteiger partial charge in [-0.3, -0.25) is 28.8 Å². The molecule has 2 aromatic carbocycles. The maximum atomic E-state index is 13.7. The zero-order chi connectivity index (χ0) is 29.8. The van der Waals surface area contributed by atoms with Crippen LogP contribution in [-0.2, 0) is 36.9 Å². The van der Waals surface area contributed by atoms with Gasteiger partial charge in [-0.25, -0.2) is 0 Å². The van der Waals surface area contributed by atoms with Crippen molar-refractivity contribution in [1.29, 1.82) is 0 Å². The average molecular weight is 562 g/mol. The number of likely N-dealkylation sites (N-methyl/N-ethyl adjacent to an activating group) is 1. The SMILES string of the molecule is CN(C)CC(=O)NCc1ccc(-c2ccc(O)c3c2C[C@H]2C[C@H]4CC(=O)C(C(N)=O)C(=O)[C@@]4(O)C(=O)C2C3=O)cc1. The van der Waals surface area contributed by atoms with E-state index in [0.717, 1.165) is 11.1 Å². The molecule has 0 saturated heterocycles. The summed E-state index contributed by atoms with van der Waals surface area (Å²) in [6, 6.07) is 10.4. The minimum Gasteiger partial charge on any atom is -0.507 e. The molecule has 3 aliphatic carbocycles. The minimum absolute atomic E-state index is 0.0295. The van der Waals surface area contributed by atoms with E-state index < -0.39 is 58.3 Å². The van der Waals surface area contributed by atoms with Gasteiger partial charge in [-0.1, -0.05) is 30.3 Å². The van der Waals surface area contributed by atoms with Gasteiger partial charge in [0.05, 0.1) is 18.0 Å². The van der Waals surface area contributed by atoms with Crippen molar-refractivity contribution in [3.63, 3.8) is 0 Å². The van der Waals surface area contributed by atoms with Crippen LogP contribution in [0.2, 0.25) is 0 Å². The number of hydrogen-bond donors (Lipinski definition) is 4. The summed E-state index contributed by atoms with van der Waals surface area (Å²) >= 11 is 0. The van der Waals surface area contributed by atoms with Gasteiger partial charge in [-0.15, -0.1) is 0 Å². The average Bonchev–Trinajstić information content (AvgIpc) is 2.89. The predicted octanol–water partition coefficient (Wildman–Crippen LogP) is 0.172. The maximum Gasteiger partial charge on any atom is 0.235 e. The highest BCUT2D eigenvalue weighted by Gasteiger charge is 2.66. The van der Waals surface area contributed by atoms with Crippen molar-refractivity contribution in [3.8, 4) is 16.9 Å². The lowest BCUT2D eigenvalue weighted by molar-refractivity contribution is -0.175. The fraction of sp³-hybridized carbons (Fsp3) is 0.400. The third-order valence-corrected chi connectivity index (χ3v) is 8.50. The number of aromatic hydroxyl groups is 1. The van der Waals surface area contributed by atoms with Gasteiger partial charge >= 0.3 is 0 Å². The molecule has 5 atom stereocenters. The van der Waals surface area contributed by atoms with E-state index in [2.05, 4.69) is 5.32 Å². The second kappa shape index (κ2) is 10.3. The van der Waals surface area contributed by atoms with Crippen LogP contribution < -0.4 is 11.1 Å². The van der Waals surface area contributed by atoms with Gasteiger partial charge in [0.25, 0.3) is 0 Å². The zero-order valence-electron chi connectivity index (χ0n) is 22.7. The molecule has 0 bridgehead atoms. The van der Waals surface area contributed by atoms with E-state index in [1.807, 2.05) is 24.3 Å². The number of amides is 2. The molecule has 0 spiro atoms. The second-order valence-corrected chi connectivity index (χ2v) is 11.4. The van der Waals surface area contributed by atoms with Gasteiger partial charge in [0.15, 0.2) is 34.7 Å².